The molecule has 2 aromatic heterocycles. The lowest BCUT2D eigenvalue weighted by atomic mass is 10.0. The van der Waals surface area contributed by atoms with Crippen LogP contribution in [0.3, 0.4) is 0 Å². The van der Waals surface area contributed by atoms with E-state index >= 15 is 0 Å². The van der Waals surface area contributed by atoms with Crippen molar-refractivity contribution in [2.24, 2.45) is 0 Å². The zero-order chi connectivity index (χ0) is 20.2. The molecule has 0 saturated carbocycles. The molecule has 0 spiro atoms. The predicted molar refractivity (Wildman–Crippen MR) is 110 cm³/mol. The molecule has 2 N–H and O–H groups in total. The Morgan fingerprint density at radius 1 is 1.17 bits per heavy atom. The van der Waals surface area contributed by atoms with Gasteiger partial charge in [0.2, 0.25) is 11.9 Å². The zero-order valence-electron chi connectivity index (χ0n) is 16.9. The van der Waals surface area contributed by atoms with E-state index in [9.17, 15) is 4.79 Å². The number of anilines is 1. The van der Waals surface area contributed by atoms with Crippen LogP contribution in [0.25, 0.3) is 11.1 Å². The number of pyridine rings is 1. The largest absolute Gasteiger partial charge is 0.378 e. The predicted octanol–water partition coefficient (Wildman–Crippen LogP) is 1.82. The molecule has 0 aliphatic carbocycles. The van der Waals surface area contributed by atoms with E-state index in [0.717, 1.165) is 48.4 Å². The van der Waals surface area contributed by atoms with Crippen molar-refractivity contribution in [1.29, 1.82) is 0 Å². The average molecular weight is 396 g/mol. The molecule has 1 atom stereocenters. The van der Waals surface area contributed by atoms with Gasteiger partial charge in [-0.05, 0) is 44.0 Å². The van der Waals surface area contributed by atoms with Gasteiger partial charge >= 0.3 is 0 Å². The van der Waals surface area contributed by atoms with Crippen molar-refractivity contribution in [2.75, 3.05) is 45.1 Å². The lowest BCUT2D eigenvalue weighted by molar-refractivity contribution is -0.135. The smallest absolute Gasteiger partial charge is 0.224 e. The first-order valence-electron chi connectivity index (χ1n) is 10.3. The van der Waals surface area contributed by atoms with Gasteiger partial charge in [-0.2, -0.15) is 0 Å². The van der Waals surface area contributed by atoms with Crippen LogP contribution in [0.4, 0.5) is 5.95 Å². The Balaban J connectivity index is 1.46. The Morgan fingerprint density at radius 2 is 1.93 bits per heavy atom. The van der Waals surface area contributed by atoms with E-state index in [4.69, 9.17) is 15.5 Å². The van der Waals surface area contributed by atoms with Crippen LogP contribution in [0, 0.1) is 6.92 Å². The fraction of sp³-hybridized carbons (Fsp3) is 0.524. The molecule has 2 aliphatic heterocycles. The van der Waals surface area contributed by atoms with E-state index in [0.29, 0.717) is 32.7 Å². The fourth-order valence-electron chi connectivity index (χ4n) is 4.16. The van der Waals surface area contributed by atoms with Crippen LogP contribution in [-0.2, 0) is 9.53 Å². The highest BCUT2D eigenvalue weighted by Gasteiger charge is 2.28. The van der Waals surface area contributed by atoms with Crippen molar-refractivity contribution in [2.45, 2.75) is 32.2 Å². The summed E-state index contributed by atoms with van der Waals surface area (Å²) in [5, 5.41) is 0. The molecule has 4 rings (SSSR count). The second-order valence-electron chi connectivity index (χ2n) is 7.69. The third kappa shape index (κ3) is 4.71. The number of amides is 1. The van der Waals surface area contributed by atoms with Crippen molar-refractivity contribution >= 4 is 11.9 Å². The van der Waals surface area contributed by atoms with Crippen molar-refractivity contribution < 1.29 is 9.53 Å². The van der Waals surface area contributed by atoms with Crippen LogP contribution in [-0.4, -0.2) is 70.1 Å². The van der Waals surface area contributed by atoms with Crippen LogP contribution in [0.5, 0.6) is 0 Å². The summed E-state index contributed by atoms with van der Waals surface area (Å²) in [5.41, 5.74) is 9.60. The second-order valence-corrected chi connectivity index (χ2v) is 7.69. The molecule has 29 heavy (non-hydrogen) atoms. The Morgan fingerprint density at radius 3 is 2.69 bits per heavy atom. The standard InChI is InChI=1S/C21H28N6O2/c1-15-11-16(17-13-23-21(22)24-14-17)12-18(25-15)19-3-2-5-26(19)6-4-20(28)27-7-9-29-10-8-27/h11-14,19H,2-10H2,1H3,(H2,22,23,24). The lowest BCUT2D eigenvalue weighted by Crippen LogP contribution is -2.42. The molecule has 4 heterocycles. The third-order valence-electron chi connectivity index (χ3n) is 5.66. The highest BCUT2D eigenvalue weighted by molar-refractivity contribution is 5.76. The van der Waals surface area contributed by atoms with Gasteiger partial charge < -0.3 is 15.4 Å². The van der Waals surface area contributed by atoms with Gasteiger partial charge in [0, 0.05) is 49.7 Å². The van der Waals surface area contributed by atoms with Crippen LogP contribution in [0.15, 0.2) is 24.5 Å². The molecular weight excluding hydrogens is 368 g/mol. The first-order chi connectivity index (χ1) is 14.1. The number of rotatable bonds is 5. The Bertz CT molecular complexity index is 851. The molecule has 1 unspecified atom stereocenters. The highest BCUT2D eigenvalue weighted by Crippen LogP contribution is 2.33. The summed E-state index contributed by atoms with van der Waals surface area (Å²) < 4.78 is 5.34. The zero-order valence-corrected chi connectivity index (χ0v) is 16.9. The second kappa shape index (κ2) is 8.84. The summed E-state index contributed by atoms with van der Waals surface area (Å²) in [7, 11) is 0. The summed E-state index contributed by atoms with van der Waals surface area (Å²) in [6, 6.07) is 4.40. The minimum Gasteiger partial charge on any atom is -0.378 e. The van der Waals surface area contributed by atoms with Gasteiger partial charge in [-0.25, -0.2) is 9.97 Å². The number of carbonyl (C=O) groups is 1. The number of hydrogen-bond donors (Lipinski definition) is 1. The molecule has 0 bridgehead atoms. The summed E-state index contributed by atoms with van der Waals surface area (Å²) in [4.78, 5) is 29.8. The Hall–Kier alpha value is -2.58. The van der Waals surface area contributed by atoms with E-state index in [1.165, 1.54) is 0 Å². The summed E-state index contributed by atoms with van der Waals surface area (Å²) in [6.07, 6.45) is 6.20. The van der Waals surface area contributed by atoms with Gasteiger partial charge in [0.05, 0.1) is 24.9 Å². The molecule has 0 radical (unpaired) electrons. The van der Waals surface area contributed by atoms with E-state index in [1.807, 2.05) is 17.9 Å². The van der Waals surface area contributed by atoms with Gasteiger partial charge in [-0.1, -0.05) is 0 Å². The molecule has 2 aromatic rings. The number of likely N-dealkylation sites (tertiary alicyclic amines) is 1. The Labute approximate surface area is 171 Å². The number of ether oxygens (including phenoxy) is 1. The number of aromatic nitrogens is 3. The highest BCUT2D eigenvalue weighted by atomic mass is 16.5. The molecule has 8 heteroatoms. The first kappa shape index (κ1) is 19.7. The van der Waals surface area contributed by atoms with Crippen molar-refractivity contribution in [1.82, 2.24) is 24.8 Å². The monoisotopic (exact) mass is 396 g/mol. The van der Waals surface area contributed by atoms with Gasteiger partial charge in [0.15, 0.2) is 0 Å². The molecule has 0 aromatic carbocycles. The van der Waals surface area contributed by atoms with Gasteiger partial charge in [0.1, 0.15) is 0 Å². The molecule has 8 nitrogen and oxygen atoms in total. The van der Waals surface area contributed by atoms with Crippen molar-refractivity contribution in [3.05, 3.63) is 35.9 Å². The SMILES string of the molecule is Cc1cc(-c2cnc(N)nc2)cc(C2CCCN2CCC(=O)N2CCOCC2)n1. The maximum absolute atomic E-state index is 12.5. The number of nitrogen functional groups attached to an aromatic ring is 1. The molecule has 154 valence electrons. The number of aryl methyl sites for hydroxylation is 1. The van der Waals surface area contributed by atoms with E-state index < -0.39 is 0 Å². The van der Waals surface area contributed by atoms with E-state index in [-0.39, 0.29) is 17.9 Å². The van der Waals surface area contributed by atoms with E-state index in [1.54, 1.807) is 12.4 Å². The van der Waals surface area contributed by atoms with Crippen LogP contribution in [0.1, 0.15) is 36.7 Å². The maximum atomic E-state index is 12.5. The van der Waals surface area contributed by atoms with E-state index in [2.05, 4.69) is 20.9 Å². The summed E-state index contributed by atoms with van der Waals surface area (Å²) >= 11 is 0. The minimum atomic E-state index is 0.218. The normalized spacial score (nSPS) is 20.2. The minimum absolute atomic E-state index is 0.218. The molecule has 2 aliphatic rings. The average Bonchev–Trinajstić information content (AvgIpc) is 3.21. The van der Waals surface area contributed by atoms with Crippen molar-refractivity contribution in [3.63, 3.8) is 0 Å². The third-order valence-corrected chi connectivity index (χ3v) is 5.66. The van der Waals surface area contributed by atoms with Gasteiger partial charge in [-0.15, -0.1) is 0 Å². The molecule has 1 amide bonds. The number of nitrogens with two attached hydrogens (primary N) is 1. The molecular formula is C21H28N6O2. The quantitative estimate of drug-likeness (QED) is 0.823. The van der Waals surface area contributed by atoms with Crippen molar-refractivity contribution in [3.8, 4) is 11.1 Å². The number of hydrogen-bond acceptors (Lipinski definition) is 7. The van der Waals surface area contributed by atoms with Crippen LogP contribution < -0.4 is 5.73 Å². The van der Waals surface area contributed by atoms with Gasteiger partial charge in [-0.3, -0.25) is 14.7 Å². The first-order valence-corrected chi connectivity index (χ1v) is 10.3. The summed E-state index contributed by atoms with van der Waals surface area (Å²) in [6.45, 7) is 6.45. The van der Waals surface area contributed by atoms with Crippen LogP contribution >= 0.6 is 0 Å². The number of nitrogens with zero attached hydrogens (tertiary/aromatic N) is 5. The summed E-state index contributed by atoms with van der Waals surface area (Å²) in [5.74, 6) is 0.488. The number of morpholine rings is 1. The van der Waals surface area contributed by atoms with Crippen LogP contribution in [0.2, 0.25) is 0 Å². The maximum Gasteiger partial charge on any atom is 0.224 e. The lowest BCUT2D eigenvalue weighted by Gasteiger charge is -2.29. The fourth-order valence-corrected chi connectivity index (χ4v) is 4.16. The molecule has 2 saturated heterocycles. The Kier molecular flexibility index (Phi) is 6.01. The topological polar surface area (TPSA) is 97.5 Å². The van der Waals surface area contributed by atoms with Gasteiger partial charge in [0.25, 0.3) is 0 Å². The number of carbonyl (C=O) groups excluding carboxylic acids is 1. The molecule has 2 fully saturated rings.